The van der Waals surface area contributed by atoms with Gasteiger partial charge >= 0.3 is 12.0 Å². The summed E-state index contributed by atoms with van der Waals surface area (Å²) in [5.41, 5.74) is 0.998. The number of amides is 2. The Bertz CT molecular complexity index is 406. The van der Waals surface area contributed by atoms with Gasteiger partial charge in [-0.2, -0.15) is 0 Å². The molecule has 98 valence electrons. The maximum Gasteiger partial charge on any atom is 0.325 e. The average Bonchev–Trinajstić information content (AvgIpc) is 2.36. The number of hydrogen-bond acceptors (Lipinski definition) is 2. The fourth-order valence-electron chi connectivity index (χ4n) is 1.56. The molecule has 0 radical (unpaired) electrons. The van der Waals surface area contributed by atoms with Gasteiger partial charge in [-0.15, -0.1) is 0 Å². The highest BCUT2D eigenvalue weighted by atomic mass is 16.4. The minimum absolute atomic E-state index is 0.118. The Morgan fingerprint density at radius 3 is 2.33 bits per heavy atom. The minimum Gasteiger partial charge on any atom is -0.480 e. The SMILES string of the molecule is CCC(NC(=O)N[C@@H](C)C(=O)O)c1ccccc1. The highest BCUT2D eigenvalue weighted by Crippen LogP contribution is 2.15. The second-order valence-electron chi connectivity index (χ2n) is 4.05. The van der Waals surface area contributed by atoms with E-state index in [1.165, 1.54) is 6.92 Å². The van der Waals surface area contributed by atoms with Gasteiger partial charge in [0.2, 0.25) is 0 Å². The van der Waals surface area contributed by atoms with Gasteiger partial charge in [-0.1, -0.05) is 37.3 Å². The Hall–Kier alpha value is -2.04. The number of carboxylic acids is 1. The summed E-state index contributed by atoms with van der Waals surface area (Å²) in [5, 5.41) is 13.8. The smallest absolute Gasteiger partial charge is 0.325 e. The second kappa shape index (κ2) is 6.64. The van der Waals surface area contributed by atoms with Crippen LogP contribution >= 0.6 is 0 Å². The van der Waals surface area contributed by atoms with Gasteiger partial charge in [0.05, 0.1) is 6.04 Å². The Kier molecular flexibility index (Phi) is 5.17. The van der Waals surface area contributed by atoms with Gasteiger partial charge in [-0.25, -0.2) is 4.79 Å². The molecule has 0 aliphatic rings. The van der Waals surface area contributed by atoms with Crippen molar-refractivity contribution in [1.82, 2.24) is 10.6 Å². The number of rotatable bonds is 5. The van der Waals surface area contributed by atoms with Crippen molar-refractivity contribution in [2.75, 3.05) is 0 Å². The van der Waals surface area contributed by atoms with Crippen LogP contribution in [0, 0.1) is 0 Å². The predicted molar refractivity (Wildman–Crippen MR) is 68.2 cm³/mol. The number of carbonyl (C=O) groups is 2. The maximum atomic E-state index is 11.6. The molecule has 1 unspecified atom stereocenters. The first-order chi connectivity index (χ1) is 8.54. The fourth-order valence-corrected chi connectivity index (χ4v) is 1.56. The zero-order chi connectivity index (χ0) is 13.5. The van der Waals surface area contributed by atoms with Crippen molar-refractivity contribution in [3.63, 3.8) is 0 Å². The Morgan fingerprint density at radius 2 is 1.83 bits per heavy atom. The normalized spacial score (nSPS) is 13.4. The van der Waals surface area contributed by atoms with Crippen LogP contribution in [0.3, 0.4) is 0 Å². The molecule has 5 heteroatoms. The number of carbonyl (C=O) groups excluding carboxylic acids is 1. The summed E-state index contributed by atoms with van der Waals surface area (Å²) >= 11 is 0. The third-order valence-electron chi connectivity index (χ3n) is 2.63. The van der Waals surface area contributed by atoms with Crippen LogP contribution in [0.2, 0.25) is 0 Å². The number of hydrogen-bond donors (Lipinski definition) is 3. The standard InChI is InChI=1S/C13H18N2O3/c1-3-11(10-7-5-4-6-8-10)15-13(18)14-9(2)12(16)17/h4-9,11H,3H2,1-2H3,(H,16,17)(H2,14,15,18)/t9-,11?/m0/s1. The van der Waals surface area contributed by atoms with Crippen molar-refractivity contribution < 1.29 is 14.7 Å². The van der Waals surface area contributed by atoms with Crippen molar-refractivity contribution in [2.45, 2.75) is 32.4 Å². The van der Waals surface area contributed by atoms with Gasteiger partial charge < -0.3 is 15.7 Å². The molecule has 0 aromatic heterocycles. The summed E-state index contributed by atoms with van der Waals surface area (Å²) in [6, 6.07) is 8.06. The van der Waals surface area contributed by atoms with Crippen molar-refractivity contribution >= 4 is 12.0 Å². The van der Waals surface area contributed by atoms with Crippen LogP contribution in [0.1, 0.15) is 31.9 Å². The molecule has 1 aromatic rings. The Morgan fingerprint density at radius 1 is 1.22 bits per heavy atom. The first kappa shape index (κ1) is 14.0. The van der Waals surface area contributed by atoms with Crippen LogP contribution in [-0.2, 0) is 4.79 Å². The van der Waals surface area contributed by atoms with E-state index in [9.17, 15) is 9.59 Å². The maximum absolute atomic E-state index is 11.6. The molecular formula is C13H18N2O3. The van der Waals surface area contributed by atoms with E-state index in [1.54, 1.807) is 0 Å². The molecule has 1 aromatic carbocycles. The van der Waals surface area contributed by atoms with E-state index in [-0.39, 0.29) is 6.04 Å². The molecule has 2 amide bonds. The molecule has 0 heterocycles. The third kappa shape index (κ3) is 4.08. The van der Waals surface area contributed by atoms with E-state index < -0.39 is 18.0 Å². The van der Waals surface area contributed by atoms with Crippen LogP contribution < -0.4 is 10.6 Å². The van der Waals surface area contributed by atoms with E-state index in [0.717, 1.165) is 12.0 Å². The van der Waals surface area contributed by atoms with Crippen LogP contribution in [0.25, 0.3) is 0 Å². The Labute approximate surface area is 106 Å². The van der Waals surface area contributed by atoms with Crippen molar-refractivity contribution in [3.8, 4) is 0 Å². The summed E-state index contributed by atoms with van der Waals surface area (Å²) in [5.74, 6) is -1.06. The minimum atomic E-state index is -1.06. The molecule has 1 rings (SSSR count). The van der Waals surface area contributed by atoms with Crippen LogP contribution in [-0.4, -0.2) is 23.1 Å². The van der Waals surface area contributed by atoms with Crippen molar-refractivity contribution in [1.29, 1.82) is 0 Å². The molecule has 0 saturated heterocycles. The lowest BCUT2D eigenvalue weighted by Crippen LogP contribution is -2.45. The highest BCUT2D eigenvalue weighted by molar-refractivity contribution is 5.82. The number of benzene rings is 1. The highest BCUT2D eigenvalue weighted by Gasteiger charge is 2.16. The second-order valence-corrected chi connectivity index (χ2v) is 4.05. The fraction of sp³-hybridized carbons (Fsp3) is 0.385. The quantitative estimate of drug-likeness (QED) is 0.747. The number of urea groups is 1. The summed E-state index contributed by atoms with van der Waals surface area (Å²) in [4.78, 5) is 22.2. The largest absolute Gasteiger partial charge is 0.480 e. The predicted octanol–water partition coefficient (Wildman–Crippen LogP) is 1.91. The summed E-state index contributed by atoms with van der Waals surface area (Å²) in [6.45, 7) is 3.38. The van der Waals surface area contributed by atoms with E-state index >= 15 is 0 Å². The van der Waals surface area contributed by atoms with E-state index in [4.69, 9.17) is 5.11 Å². The molecule has 18 heavy (non-hydrogen) atoms. The molecule has 0 spiro atoms. The molecule has 0 saturated carbocycles. The first-order valence-corrected chi connectivity index (χ1v) is 5.89. The lowest BCUT2D eigenvalue weighted by Gasteiger charge is -2.19. The van der Waals surface area contributed by atoms with Crippen LogP contribution in [0.4, 0.5) is 4.79 Å². The number of carboxylic acid groups (broad SMARTS) is 1. The monoisotopic (exact) mass is 250 g/mol. The number of aliphatic carboxylic acids is 1. The summed E-state index contributed by atoms with van der Waals surface area (Å²) < 4.78 is 0. The van der Waals surface area contributed by atoms with E-state index in [2.05, 4.69) is 10.6 Å². The zero-order valence-corrected chi connectivity index (χ0v) is 10.5. The summed E-state index contributed by atoms with van der Waals surface area (Å²) in [6.07, 6.45) is 0.735. The average molecular weight is 250 g/mol. The number of nitrogens with one attached hydrogen (secondary N) is 2. The van der Waals surface area contributed by atoms with Gasteiger partial charge in [0.25, 0.3) is 0 Å². The molecule has 5 nitrogen and oxygen atoms in total. The topological polar surface area (TPSA) is 78.4 Å². The van der Waals surface area contributed by atoms with Crippen molar-refractivity contribution in [3.05, 3.63) is 35.9 Å². The van der Waals surface area contributed by atoms with Crippen molar-refractivity contribution in [2.24, 2.45) is 0 Å². The lowest BCUT2D eigenvalue weighted by atomic mass is 10.1. The third-order valence-corrected chi connectivity index (χ3v) is 2.63. The van der Waals surface area contributed by atoms with Gasteiger partial charge in [-0.05, 0) is 18.9 Å². The van der Waals surface area contributed by atoms with E-state index in [1.807, 2.05) is 37.3 Å². The van der Waals surface area contributed by atoms with Gasteiger partial charge in [0.1, 0.15) is 6.04 Å². The van der Waals surface area contributed by atoms with E-state index in [0.29, 0.717) is 0 Å². The molecular weight excluding hydrogens is 232 g/mol. The lowest BCUT2D eigenvalue weighted by molar-refractivity contribution is -0.138. The molecule has 0 aliphatic heterocycles. The molecule has 0 fully saturated rings. The van der Waals surface area contributed by atoms with Crippen LogP contribution in [0.5, 0.6) is 0 Å². The molecule has 3 N–H and O–H groups in total. The van der Waals surface area contributed by atoms with Gasteiger partial charge in [-0.3, -0.25) is 4.79 Å². The van der Waals surface area contributed by atoms with Crippen LogP contribution in [0.15, 0.2) is 30.3 Å². The zero-order valence-electron chi connectivity index (χ0n) is 10.5. The molecule has 0 bridgehead atoms. The van der Waals surface area contributed by atoms with Gasteiger partial charge in [0.15, 0.2) is 0 Å². The summed E-state index contributed by atoms with van der Waals surface area (Å²) in [7, 11) is 0. The molecule has 2 atom stereocenters. The first-order valence-electron chi connectivity index (χ1n) is 5.89. The Balaban J connectivity index is 2.59. The van der Waals surface area contributed by atoms with Gasteiger partial charge in [0, 0.05) is 0 Å². The molecule has 0 aliphatic carbocycles.